The number of nitrogens with zero attached hydrogens (tertiary/aromatic N) is 5. The zero-order valence-corrected chi connectivity index (χ0v) is 26.6. The number of likely N-dealkylation sites (tertiary alicyclic amines) is 1. The summed E-state index contributed by atoms with van der Waals surface area (Å²) in [7, 11) is 0. The van der Waals surface area contributed by atoms with Crippen LogP contribution in [0, 0.1) is 5.92 Å². The summed E-state index contributed by atoms with van der Waals surface area (Å²) in [5, 5.41) is 26.3. The Morgan fingerprint density at radius 2 is 1.78 bits per heavy atom. The lowest BCUT2D eigenvalue weighted by atomic mass is 9.83. The number of β-amino-alcohol motifs (C(OH)–C–C–N with tert-alkyl or cyclic N) is 1. The lowest BCUT2D eigenvalue weighted by Crippen LogP contribution is -2.45. The molecule has 1 amide bonds. The Labute approximate surface area is 265 Å². The van der Waals surface area contributed by atoms with E-state index < -0.39 is 23.4 Å². The Morgan fingerprint density at radius 1 is 1.09 bits per heavy atom. The number of alkyl halides is 3. The molecule has 0 radical (unpaired) electrons. The van der Waals surface area contributed by atoms with Crippen LogP contribution in [0.1, 0.15) is 55.2 Å². The van der Waals surface area contributed by atoms with Crippen molar-refractivity contribution in [3.05, 3.63) is 59.5 Å². The zero-order valence-electron chi connectivity index (χ0n) is 25.8. The van der Waals surface area contributed by atoms with Crippen molar-refractivity contribution in [2.45, 2.75) is 75.9 Å². The van der Waals surface area contributed by atoms with Gasteiger partial charge in [-0.15, -0.1) is 11.8 Å². The van der Waals surface area contributed by atoms with Gasteiger partial charge in [-0.25, -0.2) is 0 Å². The van der Waals surface area contributed by atoms with Crippen LogP contribution in [0.25, 0.3) is 11.3 Å². The van der Waals surface area contributed by atoms with E-state index in [1.54, 1.807) is 34.1 Å². The number of benzene rings is 1. The highest BCUT2D eigenvalue weighted by Crippen LogP contribution is 2.40. The van der Waals surface area contributed by atoms with Crippen molar-refractivity contribution in [1.29, 1.82) is 0 Å². The summed E-state index contributed by atoms with van der Waals surface area (Å²) in [5.41, 5.74) is 0.925. The Kier molecular flexibility index (Phi) is 9.83. The first-order chi connectivity index (χ1) is 21.2. The summed E-state index contributed by atoms with van der Waals surface area (Å²) < 4.78 is 45.1. The van der Waals surface area contributed by atoms with Crippen LogP contribution in [0.15, 0.2) is 47.6 Å². The number of rotatable bonds is 9. The van der Waals surface area contributed by atoms with E-state index in [4.69, 9.17) is 5.10 Å². The second kappa shape index (κ2) is 13.3. The van der Waals surface area contributed by atoms with Gasteiger partial charge in [0.1, 0.15) is 0 Å². The maximum Gasteiger partial charge on any atom is 0.417 e. The highest BCUT2D eigenvalue weighted by Gasteiger charge is 2.35. The van der Waals surface area contributed by atoms with Gasteiger partial charge in [0.05, 0.1) is 35.3 Å². The van der Waals surface area contributed by atoms with Gasteiger partial charge in [-0.2, -0.15) is 18.3 Å². The van der Waals surface area contributed by atoms with Gasteiger partial charge in [-0.05, 0) is 70.0 Å². The Balaban J connectivity index is 1.40. The van der Waals surface area contributed by atoms with Crippen molar-refractivity contribution in [2.24, 2.45) is 5.92 Å². The highest BCUT2D eigenvalue weighted by molar-refractivity contribution is 8.00. The van der Waals surface area contributed by atoms with Crippen molar-refractivity contribution in [3.63, 3.8) is 0 Å². The number of amides is 1. The van der Waals surface area contributed by atoms with Crippen LogP contribution in [0.2, 0.25) is 0 Å². The number of hydrogen-bond acceptors (Lipinski definition) is 7. The second-order valence-electron chi connectivity index (χ2n) is 12.5. The molecular formula is C32H40F3N5O4S. The van der Waals surface area contributed by atoms with Crippen molar-refractivity contribution >= 4 is 23.6 Å². The average molecular weight is 648 g/mol. The summed E-state index contributed by atoms with van der Waals surface area (Å²) in [6, 6.07) is 7.15. The maximum absolute atomic E-state index is 14.0. The van der Waals surface area contributed by atoms with Crippen LogP contribution in [0.3, 0.4) is 0 Å². The standard InChI is InChI=1S/C32H40F3N5O4S/c1-21(41)39-15-10-27-25(19-39)30(36-40(27)18-24(42)17-37-13-8-23(9-14-37)31(2,3)44)22-6-7-26(32(33,34)35)28(16-22)45-20-29(43)38-11-4-5-12-38/h4-7,11-12,16,23-24,42,44H,8-10,13-15,17-20H2,1-3H3/t24-/m1/s1. The molecule has 0 aliphatic carbocycles. The number of halogens is 3. The molecule has 45 heavy (non-hydrogen) atoms. The van der Waals surface area contributed by atoms with Crippen molar-refractivity contribution < 1.29 is 33.0 Å². The molecule has 2 N–H and O–H groups in total. The molecule has 13 heteroatoms. The molecule has 244 valence electrons. The number of thioether (sulfide) groups is 1. The Morgan fingerprint density at radius 3 is 2.40 bits per heavy atom. The monoisotopic (exact) mass is 647 g/mol. The third-order valence-corrected chi connectivity index (χ3v) is 9.86. The van der Waals surface area contributed by atoms with Gasteiger partial charge in [0, 0.05) is 67.1 Å². The van der Waals surface area contributed by atoms with E-state index in [2.05, 4.69) is 4.90 Å². The second-order valence-corrected chi connectivity index (χ2v) is 13.5. The van der Waals surface area contributed by atoms with Crippen molar-refractivity contribution in [2.75, 3.05) is 31.9 Å². The molecule has 1 aromatic carbocycles. The normalized spacial score (nSPS) is 17.4. The summed E-state index contributed by atoms with van der Waals surface area (Å²) >= 11 is 0.820. The van der Waals surface area contributed by atoms with Crippen LogP contribution >= 0.6 is 11.8 Å². The quantitative estimate of drug-likeness (QED) is 0.329. The van der Waals surface area contributed by atoms with E-state index in [0.29, 0.717) is 30.8 Å². The van der Waals surface area contributed by atoms with E-state index >= 15 is 0 Å². The number of aromatic nitrogens is 3. The molecule has 2 aliphatic heterocycles. The van der Waals surface area contributed by atoms with E-state index in [1.165, 1.54) is 23.6 Å². The first kappa shape index (κ1) is 33.2. The lowest BCUT2D eigenvalue weighted by molar-refractivity contribution is -0.139. The molecule has 0 unspecified atom stereocenters. The topological polar surface area (TPSA) is 104 Å². The molecule has 2 aliphatic rings. The molecule has 4 heterocycles. The number of carbonyl (C=O) groups excluding carboxylic acids is 2. The van der Waals surface area contributed by atoms with E-state index in [1.807, 2.05) is 13.8 Å². The lowest BCUT2D eigenvalue weighted by Gasteiger charge is -2.38. The van der Waals surface area contributed by atoms with E-state index in [-0.39, 0.29) is 41.5 Å². The molecule has 0 bridgehead atoms. The van der Waals surface area contributed by atoms with Gasteiger partial charge >= 0.3 is 6.18 Å². The Bertz CT molecular complexity index is 1510. The molecule has 5 rings (SSSR count). The summed E-state index contributed by atoms with van der Waals surface area (Å²) in [6.07, 6.45) is -0.0872. The van der Waals surface area contributed by atoms with Gasteiger partial charge in [-0.1, -0.05) is 6.07 Å². The number of piperidine rings is 1. The predicted molar refractivity (Wildman–Crippen MR) is 165 cm³/mol. The smallest absolute Gasteiger partial charge is 0.390 e. The fraction of sp³-hybridized carbons (Fsp3) is 0.531. The molecule has 1 atom stereocenters. The van der Waals surface area contributed by atoms with Gasteiger partial charge in [0.15, 0.2) is 0 Å². The predicted octanol–water partition coefficient (Wildman–Crippen LogP) is 4.55. The van der Waals surface area contributed by atoms with Gasteiger partial charge in [0.2, 0.25) is 11.8 Å². The molecule has 9 nitrogen and oxygen atoms in total. The van der Waals surface area contributed by atoms with Crippen LogP contribution in [-0.4, -0.2) is 89.8 Å². The highest BCUT2D eigenvalue weighted by atomic mass is 32.2. The molecule has 3 aromatic rings. The van der Waals surface area contributed by atoms with E-state index in [9.17, 15) is 33.0 Å². The van der Waals surface area contributed by atoms with Crippen LogP contribution < -0.4 is 0 Å². The third-order valence-electron chi connectivity index (χ3n) is 8.82. The van der Waals surface area contributed by atoms with Crippen LogP contribution in [0.5, 0.6) is 0 Å². The summed E-state index contributed by atoms with van der Waals surface area (Å²) in [6.45, 7) is 8.03. The van der Waals surface area contributed by atoms with Crippen molar-refractivity contribution in [1.82, 2.24) is 24.1 Å². The van der Waals surface area contributed by atoms with Crippen molar-refractivity contribution in [3.8, 4) is 11.3 Å². The number of fused-ring (bicyclic) bond motifs is 1. The van der Waals surface area contributed by atoms with E-state index in [0.717, 1.165) is 55.0 Å². The molecule has 2 aromatic heterocycles. The SMILES string of the molecule is CC(=O)N1CCc2c(c(-c3ccc(C(F)(F)F)c(SCC(=O)n4cccc4)c3)nn2C[C@H](O)CN2CCC(C(C)(C)O)CC2)C1. The number of aliphatic hydroxyl groups is 2. The molecule has 1 fully saturated rings. The number of carbonyl (C=O) groups is 2. The third kappa shape index (κ3) is 7.82. The fourth-order valence-corrected chi connectivity index (χ4v) is 7.24. The summed E-state index contributed by atoms with van der Waals surface area (Å²) in [4.78, 5) is 28.6. The average Bonchev–Trinajstić information content (AvgIpc) is 3.64. The number of hydrogen-bond donors (Lipinski definition) is 2. The van der Waals surface area contributed by atoms with Gasteiger partial charge in [-0.3, -0.25) is 18.8 Å². The molecule has 0 saturated carbocycles. The first-order valence-electron chi connectivity index (χ1n) is 15.2. The number of aliphatic hydroxyl groups excluding tert-OH is 1. The van der Waals surface area contributed by atoms with Crippen LogP contribution in [0.4, 0.5) is 13.2 Å². The molecule has 1 saturated heterocycles. The Hall–Kier alpha value is -3.13. The zero-order chi connectivity index (χ0) is 32.5. The fourth-order valence-electron chi connectivity index (χ4n) is 6.26. The summed E-state index contributed by atoms with van der Waals surface area (Å²) in [5.74, 6) is -0.443. The largest absolute Gasteiger partial charge is 0.417 e. The van der Waals surface area contributed by atoms with Gasteiger partial charge in [0.25, 0.3) is 0 Å². The molecule has 0 spiro atoms. The van der Waals surface area contributed by atoms with Gasteiger partial charge < -0.3 is 20.0 Å². The molecular weight excluding hydrogens is 607 g/mol. The first-order valence-corrected chi connectivity index (χ1v) is 16.2. The minimum Gasteiger partial charge on any atom is -0.390 e. The van der Waals surface area contributed by atoms with Crippen LogP contribution in [-0.2, 0) is 30.5 Å². The minimum absolute atomic E-state index is 0.0856. The minimum atomic E-state index is -4.62. The maximum atomic E-state index is 14.0.